The molecular formula is C4H6Br3. The Labute approximate surface area is 69.4 Å². The van der Waals surface area contributed by atoms with Crippen molar-refractivity contribution in [2.24, 2.45) is 0 Å². The summed E-state index contributed by atoms with van der Waals surface area (Å²) in [6.07, 6.45) is 2.13. The number of rotatable bonds is 3. The molecule has 0 bridgehead atoms. The van der Waals surface area contributed by atoms with Crippen LogP contribution in [-0.4, -0.2) is 15.5 Å². The van der Waals surface area contributed by atoms with Gasteiger partial charge in [0, 0.05) is 15.5 Å². The molecule has 7 heavy (non-hydrogen) atoms. The van der Waals surface area contributed by atoms with Crippen LogP contribution in [0.15, 0.2) is 0 Å². The van der Waals surface area contributed by atoms with Crippen LogP contribution < -0.4 is 0 Å². The van der Waals surface area contributed by atoms with Crippen LogP contribution in [0.3, 0.4) is 0 Å². The number of hydrogen-bond acceptors (Lipinski definition) is 0. The fourth-order valence-electron chi connectivity index (χ4n) is 0.160. The minimum Gasteiger partial charge on any atom is -0.0925 e. The predicted octanol–water partition coefficient (Wildman–Crippen LogP) is 2.74. The van der Waals surface area contributed by atoms with Gasteiger partial charge < -0.3 is 0 Å². The Morgan fingerprint density at radius 1 is 1.43 bits per heavy atom. The van der Waals surface area contributed by atoms with E-state index in [9.17, 15) is 0 Å². The Bertz CT molecular complexity index is 37.9. The summed E-state index contributed by atoms with van der Waals surface area (Å²) in [6, 6.07) is 0. The average molecular weight is 294 g/mol. The second-order valence-electron chi connectivity index (χ2n) is 1.06. The second kappa shape index (κ2) is 5.57. The van der Waals surface area contributed by atoms with Gasteiger partial charge in [-0.15, -0.1) is 0 Å². The third kappa shape index (κ3) is 5.31. The normalized spacial score (nSPS) is 14.1. The molecule has 1 radical (unpaired) electrons. The van der Waals surface area contributed by atoms with E-state index in [2.05, 4.69) is 54.2 Å². The third-order valence-corrected chi connectivity index (χ3v) is 3.13. The maximum absolute atomic E-state index is 3.40. The standard InChI is InChI=1S/C4H6Br3/c5-2-1-4(7)3-6/h1,4H,2-3H2. The molecule has 0 aromatic rings. The molecule has 1 unspecified atom stereocenters. The summed E-state index contributed by atoms with van der Waals surface area (Å²) in [5.74, 6) is 0. The van der Waals surface area contributed by atoms with E-state index >= 15 is 0 Å². The minimum atomic E-state index is 0.506. The molecule has 0 aliphatic heterocycles. The highest BCUT2D eigenvalue weighted by molar-refractivity contribution is 9.12. The van der Waals surface area contributed by atoms with Gasteiger partial charge in [-0.3, -0.25) is 0 Å². The van der Waals surface area contributed by atoms with Gasteiger partial charge in [0.25, 0.3) is 0 Å². The molecule has 0 aliphatic carbocycles. The summed E-state index contributed by atoms with van der Waals surface area (Å²) in [5.41, 5.74) is 0. The summed E-state index contributed by atoms with van der Waals surface area (Å²) < 4.78 is 0. The molecular weight excluding hydrogens is 288 g/mol. The van der Waals surface area contributed by atoms with E-state index in [1.165, 1.54) is 0 Å². The van der Waals surface area contributed by atoms with Crippen LogP contribution in [0.4, 0.5) is 0 Å². The number of halogens is 3. The van der Waals surface area contributed by atoms with E-state index in [4.69, 9.17) is 0 Å². The lowest BCUT2D eigenvalue weighted by atomic mass is 10.4. The molecule has 3 heteroatoms. The number of hydrogen-bond donors (Lipinski definition) is 0. The largest absolute Gasteiger partial charge is 0.0925 e. The van der Waals surface area contributed by atoms with Crippen LogP contribution in [-0.2, 0) is 0 Å². The van der Waals surface area contributed by atoms with E-state index in [-0.39, 0.29) is 0 Å². The van der Waals surface area contributed by atoms with Crippen LogP contribution in [0.25, 0.3) is 0 Å². The molecule has 0 aromatic carbocycles. The van der Waals surface area contributed by atoms with E-state index < -0.39 is 0 Å². The molecule has 0 spiro atoms. The predicted molar refractivity (Wildman–Crippen MR) is 44.6 cm³/mol. The highest BCUT2D eigenvalue weighted by Gasteiger charge is 1.97. The number of alkyl halides is 3. The first-order valence-corrected chi connectivity index (χ1v) is 5.06. The van der Waals surface area contributed by atoms with Crippen molar-refractivity contribution >= 4 is 47.8 Å². The smallest absolute Gasteiger partial charge is 0.0282 e. The first kappa shape index (κ1) is 8.44. The molecule has 0 amide bonds. The Kier molecular flexibility index (Phi) is 6.72. The zero-order valence-electron chi connectivity index (χ0n) is 3.70. The van der Waals surface area contributed by atoms with Crippen LogP contribution in [0.5, 0.6) is 0 Å². The zero-order valence-corrected chi connectivity index (χ0v) is 8.46. The first-order chi connectivity index (χ1) is 3.31. The fraction of sp³-hybridized carbons (Fsp3) is 0.750. The summed E-state index contributed by atoms with van der Waals surface area (Å²) in [7, 11) is 0. The zero-order chi connectivity index (χ0) is 5.70. The second-order valence-corrected chi connectivity index (χ2v) is 3.53. The lowest BCUT2D eigenvalue weighted by molar-refractivity contribution is 1.18. The lowest BCUT2D eigenvalue weighted by Crippen LogP contribution is -1.99. The van der Waals surface area contributed by atoms with Crippen molar-refractivity contribution in [2.45, 2.75) is 4.83 Å². The molecule has 0 aromatic heterocycles. The molecule has 0 heterocycles. The summed E-state index contributed by atoms with van der Waals surface area (Å²) >= 11 is 10.0. The topological polar surface area (TPSA) is 0 Å². The molecule has 0 saturated carbocycles. The van der Waals surface area contributed by atoms with Gasteiger partial charge in [0.2, 0.25) is 0 Å². The SMILES string of the molecule is BrC[CH]C(Br)CBr. The van der Waals surface area contributed by atoms with Gasteiger partial charge in [-0.25, -0.2) is 0 Å². The van der Waals surface area contributed by atoms with Crippen molar-refractivity contribution in [3.05, 3.63) is 6.42 Å². The highest BCUT2D eigenvalue weighted by Crippen LogP contribution is 2.07. The van der Waals surface area contributed by atoms with Gasteiger partial charge in [-0.1, -0.05) is 47.8 Å². The summed E-state index contributed by atoms with van der Waals surface area (Å²) in [4.78, 5) is 0.506. The molecule has 1 atom stereocenters. The highest BCUT2D eigenvalue weighted by atomic mass is 79.9. The van der Waals surface area contributed by atoms with Gasteiger partial charge in [0.05, 0.1) is 0 Å². The molecule has 0 N–H and O–H groups in total. The third-order valence-electron chi connectivity index (χ3n) is 0.492. The maximum atomic E-state index is 3.40. The van der Waals surface area contributed by atoms with E-state index in [1.54, 1.807) is 0 Å². The summed E-state index contributed by atoms with van der Waals surface area (Å²) in [5, 5.41) is 1.94. The van der Waals surface area contributed by atoms with Crippen molar-refractivity contribution in [2.75, 3.05) is 10.7 Å². The van der Waals surface area contributed by atoms with Crippen LogP contribution in [0.2, 0.25) is 0 Å². The molecule has 0 saturated heterocycles. The minimum absolute atomic E-state index is 0.506. The van der Waals surface area contributed by atoms with Crippen molar-refractivity contribution in [1.29, 1.82) is 0 Å². The molecule has 0 fully saturated rings. The van der Waals surface area contributed by atoms with Gasteiger partial charge in [-0.05, 0) is 6.42 Å². The van der Waals surface area contributed by atoms with Gasteiger partial charge in [-0.2, -0.15) is 0 Å². The van der Waals surface area contributed by atoms with E-state index in [0.29, 0.717) is 4.83 Å². The quantitative estimate of drug-likeness (QED) is 0.702. The van der Waals surface area contributed by atoms with Gasteiger partial charge in [0.15, 0.2) is 0 Å². The van der Waals surface area contributed by atoms with Crippen molar-refractivity contribution in [3.63, 3.8) is 0 Å². The van der Waals surface area contributed by atoms with Gasteiger partial charge >= 0.3 is 0 Å². The Morgan fingerprint density at radius 3 is 2.14 bits per heavy atom. The van der Waals surface area contributed by atoms with Crippen molar-refractivity contribution < 1.29 is 0 Å². The first-order valence-electron chi connectivity index (χ1n) is 1.90. The van der Waals surface area contributed by atoms with E-state index in [0.717, 1.165) is 10.7 Å². The molecule has 0 nitrogen and oxygen atoms in total. The molecule has 43 valence electrons. The average Bonchev–Trinajstić information content (AvgIpc) is 1.68. The van der Waals surface area contributed by atoms with Crippen LogP contribution in [0.1, 0.15) is 0 Å². The van der Waals surface area contributed by atoms with Crippen molar-refractivity contribution in [3.8, 4) is 0 Å². The van der Waals surface area contributed by atoms with Crippen LogP contribution in [0, 0.1) is 6.42 Å². The van der Waals surface area contributed by atoms with Gasteiger partial charge in [0.1, 0.15) is 0 Å². The Morgan fingerprint density at radius 2 is 2.00 bits per heavy atom. The maximum Gasteiger partial charge on any atom is 0.0282 e. The lowest BCUT2D eigenvalue weighted by Gasteiger charge is -1.97. The van der Waals surface area contributed by atoms with Crippen molar-refractivity contribution in [1.82, 2.24) is 0 Å². The monoisotopic (exact) mass is 291 g/mol. The van der Waals surface area contributed by atoms with Crippen LogP contribution >= 0.6 is 47.8 Å². The summed E-state index contributed by atoms with van der Waals surface area (Å²) in [6.45, 7) is 0. The fourth-order valence-corrected chi connectivity index (χ4v) is 1.56. The van der Waals surface area contributed by atoms with E-state index in [1.807, 2.05) is 0 Å². The Hall–Kier alpha value is 1.44. The molecule has 0 aliphatic rings. The Balaban J connectivity index is 2.83. The molecule has 0 rings (SSSR count).